The van der Waals surface area contributed by atoms with Crippen LogP contribution in [0.4, 0.5) is 0 Å². The number of fused-ring (bicyclic) bond motifs is 1. The highest BCUT2D eigenvalue weighted by molar-refractivity contribution is 6.30. The Bertz CT molecular complexity index is 1400. The molecule has 6 heteroatoms. The molecule has 180 valence electrons. The van der Waals surface area contributed by atoms with E-state index in [4.69, 9.17) is 16.6 Å². The van der Waals surface area contributed by atoms with Crippen molar-refractivity contribution < 1.29 is 4.79 Å². The van der Waals surface area contributed by atoms with E-state index in [2.05, 4.69) is 13.8 Å². The maximum atomic E-state index is 13.8. The van der Waals surface area contributed by atoms with Gasteiger partial charge in [-0.2, -0.15) is 0 Å². The Hall–Kier alpha value is -3.44. The minimum Gasteiger partial charge on any atom is -0.329 e. The SMILES string of the molecule is CCCCN(C(=O)c1ccc(Cl)cc1)C(C)c1nc2ccccc2c(=O)n1-c1ccccc1CC. The first-order valence-corrected chi connectivity index (χ1v) is 12.5. The minimum atomic E-state index is -0.438. The Balaban J connectivity index is 1.92. The van der Waals surface area contributed by atoms with Crippen LogP contribution in [0.2, 0.25) is 5.02 Å². The second-order valence-corrected chi connectivity index (χ2v) is 9.08. The number of para-hydroxylation sites is 2. The van der Waals surface area contributed by atoms with Gasteiger partial charge in [-0.3, -0.25) is 14.2 Å². The molecule has 5 nitrogen and oxygen atoms in total. The summed E-state index contributed by atoms with van der Waals surface area (Å²) < 4.78 is 1.69. The molecule has 4 rings (SSSR count). The van der Waals surface area contributed by atoms with Crippen molar-refractivity contribution in [3.8, 4) is 5.69 Å². The Morgan fingerprint density at radius 1 is 1.00 bits per heavy atom. The number of amides is 1. The number of nitrogens with zero attached hydrogens (tertiary/aromatic N) is 3. The Morgan fingerprint density at radius 2 is 1.69 bits per heavy atom. The molecule has 0 radical (unpaired) electrons. The Morgan fingerprint density at radius 3 is 2.40 bits per heavy atom. The molecule has 0 N–H and O–H groups in total. The lowest BCUT2D eigenvalue weighted by molar-refractivity contribution is 0.0678. The fourth-order valence-electron chi connectivity index (χ4n) is 4.39. The number of halogens is 1. The quantitative estimate of drug-likeness (QED) is 0.281. The lowest BCUT2D eigenvalue weighted by atomic mass is 10.1. The second kappa shape index (κ2) is 10.9. The zero-order valence-corrected chi connectivity index (χ0v) is 21.1. The van der Waals surface area contributed by atoms with E-state index in [0.29, 0.717) is 33.9 Å². The van der Waals surface area contributed by atoms with Gasteiger partial charge in [0.05, 0.1) is 22.6 Å². The lowest BCUT2D eigenvalue weighted by Crippen LogP contribution is -2.38. The summed E-state index contributed by atoms with van der Waals surface area (Å²) in [6.45, 7) is 6.67. The van der Waals surface area contributed by atoms with Gasteiger partial charge in [0, 0.05) is 17.1 Å². The fourth-order valence-corrected chi connectivity index (χ4v) is 4.51. The highest BCUT2D eigenvalue weighted by Crippen LogP contribution is 2.26. The molecule has 1 amide bonds. The van der Waals surface area contributed by atoms with Gasteiger partial charge in [0.1, 0.15) is 5.82 Å². The molecule has 0 aliphatic rings. The first-order chi connectivity index (χ1) is 17.0. The van der Waals surface area contributed by atoms with Crippen molar-refractivity contribution in [3.63, 3.8) is 0 Å². The summed E-state index contributed by atoms with van der Waals surface area (Å²) in [6.07, 6.45) is 2.55. The van der Waals surface area contributed by atoms with E-state index in [1.54, 1.807) is 34.9 Å². The molecular weight excluding hydrogens is 458 g/mol. The van der Waals surface area contributed by atoms with Crippen molar-refractivity contribution in [3.05, 3.63) is 105 Å². The molecule has 3 aromatic carbocycles. The smallest absolute Gasteiger partial charge is 0.266 e. The van der Waals surface area contributed by atoms with Crippen LogP contribution in [0, 0.1) is 0 Å². The van der Waals surface area contributed by atoms with Gasteiger partial charge in [-0.25, -0.2) is 4.98 Å². The Kier molecular flexibility index (Phi) is 7.67. The largest absolute Gasteiger partial charge is 0.329 e. The van der Waals surface area contributed by atoms with Gasteiger partial charge in [-0.15, -0.1) is 0 Å². The molecule has 0 saturated heterocycles. The summed E-state index contributed by atoms with van der Waals surface area (Å²) in [5.74, 6) is 0.438. The number of benzene rings is 3. The molecular formula is C29H30ClN3O2. The van der Waals surface area contributed by atoms with Gasteiger partial charge in [-0.1, -0.05) is 62.2 Å². The number of hydrogen-bond donors (Lipinski definition) is 0. The number of carbonyl (C=O) groups excluding carboxylic acids is 1. The van der Waals surface area contributed by atoms with E-state index in [-0.39, 0.29) is 11.5 Å². The van der Waals surface area contributed by atoms with Crippen LogP contribution in [-0.4, -0.2) is 26.9 Å². The maximum absolute atomic E-state index is 13.8. The van der Waals surface area contributed by atoms with Gasteiger partial charge in [-0.05, 0) is 67.8 Å². The third-order valence-electron chi connectivity index (χ3n) is 6.36. The molecule has 1 aromatic heterocycles. The van der Waals surface area contributed by atoms with Crippen LogP contribution in [0.3, 0.4) is 0 Å². The van der Waals surface area contributed by atoms with Gasteiger partial charge < -0.3 is 4.90 Å². The number of unbranched alkanes of at least 4 members (excludes halogenated alkanes) is 1. The number of hydrogen-bond acceptors (Lipinski definition) is 3. The fraction of sp³-hybridized carbons (Fsp3) is 0.276. The molecule has 4 aromatic rings. The molecule has 0 fully saturated rings. The monoisotopic (exact) mass is 487 g/mol. The van der Waals surface area contributed by atoms with E-state index in [0.717, 1.165) is 30.5 Å². The first-order valence-electron chi connectivity index (χ1n) is 12.1. The van der Waals surface area contributed by atoms with Crippen LogP contribution < -0.4 is 5.56 Å². The normalized spacial score (nSPS) is 12.0. The molecule has 1 atom stereocenters. The van der Waals surface area contributed by atoms with E-state index in [1.165, 1.54) is 0 Å². The van der Waals surface area contributed by atoms with Crippen molar-refractivity contribution in [2.45, 2.75) is 46.1 Å². The zero-order chi connectivity index (χ0) is 24.9. The van der Waals surface area contributed by atoms with Gasteiger partial charge in [0.2, 0.25) is 0 Å². The molecule has 0 aliphatic heterocycles. The van der Waals surface area contributed by atoms with Crippen LogP contribution in [0.1, 0.15) is 61.4 Å². The van der Waals surface area contributed by atoms with Crippen LogP contribution in [-0.2, 0) is 6.42 Å². The summed E-state index contributed by atoms with van der Waals surface area (Å²) in [5.41, 5.74) is 2.89. The van der Waals surface area contributed by atoms with E-state index < -0.39 is 6.04 Å². The summed E-state index contributed by atoms with van der Waals surface area (Å²) in [6, 6.07) is 21.7. The summed E-state index contributed by atoms with van der Waals surface area (Å²) in [7, 11) is 0. The third-order valence-corrected chi connectivity index (χ3v) is 6.61. The van der Waals surface area contributed by atoms with Crippen molar-refractivity contribution >= 4 is 28.4 Å². The van der Waals surface area contributed by atoms with Crippen LogP contribution in [0.25, 0.3) is 16.6 Å². The molecule has 1 heterocycles. The highest BCUT2D eigenvalue weighted by atomic mass is 35.5. The van der Waals surface area contributed by atoms with Crippen LogP contribution in [0.15, 0.2) is 77.6 Å². The topological polar surface area (TPSA) is 55.2 Å². The summed E-state index contributed by atoms with van der Waals surface area (Å²) in [5, 5.41) is 1.13. The predicted molar refractivity (Wildman–Crippen MR) is 143 cm³/mol. The average molecular weight is 488 g/mol. The molecule has 35 heavy (non-hydrogen) atoms. The van der Waals surface area contributed by atoms with Crippen molar-refractivity contribution in [2.75, 3.05) is 6.54 Å². The number of aromatic nitrogens is 2. The second-order valence-electron chi connectivity index (χ2n) is 8.64. The average Bonchev–Trinajstić information content (AvgIpc) is 2.89. The summed E-state index contributed by atoms with van der Waals surface area (Å²) in [4.78, 5) is 34.3. The van der Waals surface area contributed by atoms with Gasteiger partial charge >= 0.3 is 0 Å². The molecule has 0 spiro atoms. The van der Waals surface area contributed by atoms with E-state index in [9.17, 15) is 9.59 Å². The van der Waals surface area contributed by atoms with Crippen LogP contribution >= 0.6 is 11.6 Å². The minimum absolute atomic E-state index is 0.111. The standard InChI is InChI=1S/C29H30ClN3O2/c1-4-6-19-32(28(34)22-15-17-23(30)18-16-22)20(3)27-31-25-13-9-8-12-24(25)29(35)33(27)26-14-10-7-11-21(26)5-2/h7-18,20H,4-6,19H2,1-3H3. The van der Waals surface area contributed by atoms with Gasteiger partial charge in [0.15, 0.2) is 0 Å². The molecule has 0 bridgehead atoms. The lowest BCUT2D eigenvalue weighted by Gasteiger charge is -2.31. The maximum Gasteiger partial charge on any atom is 0.266 e. The third kappa shape index (κ3) is 5.01. The zero-order valence-electron chi connectivity index (χ0n) is 20.4. The van der Waals surface area contributed by atoms with Crippen LogP contribution in [0.5, 0.6) is 0 Å². The Labute approximate surface area is 211 Å². The van der Waals surface area contributed by atoms with Crippen molar-refractivity contribution in [2.24, 2.45) is 0 Å². The predicted octanol–water partition coefficient (Wildman–Crippen LogP) is 6.61. The summed E-state index contributed by atoms with van der Waals surface area (Å²) >= 11 is 6.06. The number of rotatable bonds is 8. The van der Waals surface area contributed by atoms with E-state index in [1.807, 2.05) is 54.3 Å². The molecule has 1 unspecified atom stereocenters. The van der Waals surface area contributed by atoms with Crippen molar-refractivity contribution in [1.29, 1.82) is 0 Å². The molecule has 0 saturated carbocycles. The molecule has 0 aliphatic carbocycles. The van der Waals surface area contributed by atoms with Gasteiger partial charge in [0.25, 0.3) is 11.5 Å². The number of aryl methyl sites for hydroxylation is 1. The number of carbonyl (C=O) groups is 1. The van der Waals surface area contributed by atoms with E-state index >= 15 is 0 Å². The van der Waals surface area contributed by atoms with Crippen molar-refractivity contribution in [1.82, 2.24) is 14.5 Å². The highest BCUT2D eigenvalue weighted by Gasteiger charge is 2.27. The first kappa shape index (κ1) is 24.7.